The minimum Gasteiger partial charge on any atom is -0.461 e. The number of hydrogen-bond acceptors (Lipinski definition) is 7. The predicted octanol–water partition coefficient (Wildman–Crippen LogP) is 4.88. The van der Waals surface area contributed by atoms with Crippen LogP contribution in [0.2, 0.25) is 5.02 Å². The Labute approximate surface area is 191 Å². The molecule has 9 nitrogen and oxygen atoms in total. The average Bonchev–Trinajstić information content (AvgIpc) is 3.44. The summed E-state index contributed by atoms with van der Waals surface area (Å²) >= 11 is 6.99. The van der Waals surface area contributed by atoms with Crippen LogP contribution in [0.4, 0.5) is 11.4 Å². The second-order valence-corrected chi connectivity index (χ2v) is 7.99. The van der Waals surface area contributed by atoms with Gasteiger partial charge in [-0.25, -0.2) is 0 Å². The minimum absolute atomic E-state index is 0.0230. The molecule has 0 aliphatic carbocycles. The molecule has 0 aliphatic rings. The van der Waals surface area contributed by atoms with Crippen LogP contribution in [0.1, 0.15) is 5.56 Å². The van der Waals surface area contributed by atoms with Gasteiger partial charge in [0.15, 0.2) is 10.9 Å². The van der Waals surface area contributed by atoms with E-state index < -0.39 is 10.8 Å². The highest BCUT2D eigenvalue weighted by molar-refractivity contribution is 7.99. The molecule has 2 aromatic carbocycles. The SMILES string of the molecule is O=C(CSc1nnc(-c2ccco2)n1Cc1ccccc1)Nc1ccc(Cl)cc1[N+](=O)[O-]. The molecule has 0 bridgehead atoms. The zero-order valence-electron chi connectivity index (χ0n) is 16.5. The molecule has 0 atom stereocenters. The van der Waals surface area contributed by atoms with Gasteiger partial charge in [-0.05, 0) is 29.8 Å². The second-order valence-electron chi connectivity index (χ2n) is 6.61. The smallest absolute Gasteiger partial charge is 0.294 e. The molecule has 2 heterocycles. The molecule has 1 N–H and O–H groups in total. The number of nitrogens with one attached hydrogen (secondary N) is 1. The van der Waals surface area contributed by atoms with Crippen molar-refractivity contribution in [3.05, 3.63) is 87.6 Å². The average molecular weight is 470 g/mol. The van der Waals surface area contributed by atoms with Crippen LogP contribution in [0.3, 0.4) is 0 Å². The van der Waals surface area contributed by atoms with Gasteiger partial charge >= 0.3 is 0 Å². The van der Waals surface area contributed by atoms with Gasteiger partial charge in [0.1, 0.15) is 5.69 Å². The highest BCUT2D eigenvalue weighted by Crippen LogP contribution is 2.29. The fourth-order valence-electron chi connectivity index (χ4n) is 2.97. The number of nitro benzene ring substituents is 1. The molecule has 0 aliphatic heterocycles. The summed E-state index contributed by atoms with van der Waals surface area (Å²) in [7, 11) is 0. The van der Waals surface area contributed by atoms with Gasteiger partial charge in [-0.2, -0.15) is 0 Å². The van der Waals surface area contributed by atoms with Crippen molar-refractivity contribution in [1.82, 2.24) is 14.8 Å². The first-order valence-corrected chi connectivity index (χ1v) is 10.7. The Balaban J connectivity index is 1.52. The number of nitro groups is 1. The number of aromatic nitrogens is 3. The molecule has 4 rings (SSSR count). The van der Waals surface area contributed by atoms with Gasteiger partial charge in [-0.15, -0.1) is 10.2 Å². The summed E-state index contributed by atoms with van der Waals surface area (Å²) in [6.45, 7) is 0.483. The minimum atomic E-state index is -0.596. The van der Waals surface area contributed by atoms with E-state index in [4.69, 9.17) is 16.0 Å². The molecule has 162 valence electrons. The Morgan fingerprint density at radius 1 is 1.16 bits per heavy atom. The van der Waals surface area contributed by atoms with Crippen molar-refractivity contribution in [3.63, 3.8) is 0 Å². The van der Waals surface area contributed by atoms with Crippen LogP contribution in [0.25, 0.3) is 11.6 Å². The van der Waals surface area contributed by atoms with Crippen molar-refractivity contribution in [1.29, 1.82) is 0 Å². The number of hydrogen-bond donors (Lipinski definition) is 1. The van der Waals surface area contributed by atoms with Crippen LogP contribution in [0.5, 0.6) is 0 Å². The summed E-state index contributed by atoms with van der Waals surface area (Å²) in [4.78, 5) is 23.1. The molecule has 0 saturated heterocycles. The van der Waals surface area contributed by atoms with Gasteiger partial charge in [0.25, 0.3) is 5.69 Å². The van der Waals surface area contributed by atoms with Crippen molar-refractivity contribution in [3.8, 4) is 11.6 Å². The number of furan rings is 1. The molecule has 11 heteroatoms. The van der Waals surface area contributed by atoms with Crippen LogP contribution < -0.4 is 5.32 Å². The molecule has 1 amide bonds. The molecule has 4 aromatic rings. The predicted molar refractivity (Wildman–Crippen MR) is 121 cm³/mol. The second kappa shape index (κ2) is 9.67. The third-order valence-corrected chi connectivity index (χ3v) is 5.61. The summed E-state index contributed by atoms with van der Waals surface area (Å²) in [6, 6.07) is 17.4. The number of anilines is 1. The first kappa shape index (κ1) is 21.6. The highest BCUT2D eigenvalue weighted by Gasteiger charge is 2.20. The van der Waals surface area contributed by atoms with E-state index in [-0.39, 0.29) is 22.2 Å². The number of carbonyl (C=O) groups is 1. The zero-order valence-corrected chi connectivity index (χ0v) is 18.0. The third-order valence-electron chi connectivity index (χ3n) is 4.40. The van der Waals surface area contributed by atoms with Gasteiger partial charge in [-0.3, -0.25) is 19.5 Å². The van der Waals surface area contributed by atoms with Gasteiger partial charge in [0, 0.05) is 11.1 Å². The first-order chi connectivity index (χ1) is 15.5. The lowest BCUT2D eigenvalue weighted by Crippen LogP contribution is -2.16. The summed E-state index contributed by atoms with van der Waals surface area (Å²) < 4.78 is 7.33. The first-order valence-electron chi connectivity index (χ1n) is 9.39. The molecule has 2 aromatic heterocycles. The molecule has 0 unspecified atom stereocenters. The number of amides is 1. The molecular weight excluding hydrogens is 454 g/mol. The van der Waals surface area contributed by atoms with Crippen LogP contribution in [-0.4, -0.2) is 31.3 Å². The summed E-state index contributed by atoms with van der Waals surface area (Å²) in [5.41, 5.74) is 0.832. The highest BCUT2D eigenvalue weighted by atomic mass is 35.5. The summed E-state index contributed by atoms with van der Waals surface area (Å²) in [5.74, 6) is 0.649. The number of benzene rings is 2. The van der Waals surface area contributed by atoms with Gasteiger partial charge < -0.3 is 9.73 Å². The van der Waals surface area contributed by atoms with Crippen LogP contribution in [0, 0.1) is 10.1 Å². The van der Waals surface area contributed by atoms with Gasteiger partial charge in [0.05, 0.1) is 23.5 Å². The van der Waals surface area contributed by atoms with E-state index in [0.717, 1.165) is 5.56 Å². The normalized spacial score (nSPS) is 10.8. The van der Waals surface area contributed by atoms with Crippen molar-refractivity contribution < 1.29 is 14.1 Å². The topological polar surface area (TPSA) is 116 Å². The fraction of sp³-hybridized carbons (Fsp3) is 0.0952. The Bertz CT molecular complexity index is 1240. The lowest BCUT2D eigenvalue weighted by Gasteiger charge is -2.10. The van der Waals surface area contributed by atoms with E-state index in [9.17, 15) is 14.9 Å². The van der Waals surface area contributed by atoms with Crippen LogP contribution in [-0.2, 0) is 11.3 Å². The van der Waals surface area contributed by atoms with Crippen LogP contribution in [0.15, 0.2) is 76.5 Å². The van der Waals surface area contributed by atoms with E-state index in [2.05, 4.69) is 15.5 Å². The summed E-state index contributed by atoms with van der Waals surface area (Å²) in [6.07, 6.45) is 1.55. The maximum Gasteiger partial charge on any atom is 0.294 e. The Kier molecular flexibility index (Phi) is 6.52. The maximum atomic E-state index is 12.5. The Morgan fingerprint density at radius 2 is 1.97 bits per heavy atom. The third kappa shape index (κ3) is 4.98. The van der Waals surface area contributed by atoms with Crippen LogP contribution >= 0.6 is 23.4 Å². The van der Waals surface area contributed by atoms with Crippen molar-refractivity contribution in [2.24, 2.45) is 0 Å². The zero-order chi connectivity index (χ0) is 22.5. The van der Waals surface area contributed by atoms with E-state index in [1.807, 2.05) is 34.9 Å². The van der Waals surface area contributed by atoms with Crippen molar-refractivity contribution in [2.45, 2.75) is 11.7 Å². The molecule has 0 radical (unpaired) electrons. The van der Waals surface area contributed by atoms with Gasteiger partial charge in [0.2, 0.25) is 11.7 Å². The number of nitrogens with zero attached hydrogens (tertiary/aromatic N) is 4. The molecule has 0 saturated carbocycles. The van der Waals surface area contributed by atoms with E-state index in [1.54, 1.807) is 18.4 Å². The Morgan fingerprint density at radius 3 is 2.69 bits per heavy atom. The number of rotatable bonds is 8. The molecule has 32 heavy (non-hydrogen) atoms. The monoisotopic (exact) mass is 469 g/mol. The lowest BCUT2D eigenvalue weighted by atomic mass is 10.2. The molecule has 0 spiro atoms. The fourth-order valence-corrected chi connectivity index (χ4v) is 3.87. The maximum absolute atomic E-state index is 12.5. The van der Waals surface area contributed by atoms with E-state index in [0.29, 0.717) is 23.3 Å². The van der Waals surface area contributed by atoms with Gasteiger partial charge in [-0.1, -0.05) is 53.7 Å². The molecule has 0 fully saturated rings. The van der Waals surface area contributed by atoms with E-state index >= 15 is 0 Å². The quantitative estimate of drug-likeness (QED) is 0.222. The number of carbonyl (C=O) groups excluding carboxylic acids is 1. The largest absolute Gasteiger partial charge is 0.461 e. The van der Waals surface area contributed by atoms with Crippen molar-refractivity contribution >= 4 is 40.6 Å². The van der Waals surface area contributed by atoms with Crippen molar-refractivity contribution in [2.75, 3.05) is 11.1 Å². The number of halogens is 1. The molecular formula is C21H16ClN5O4S. The van der Waals surface area contributed by atoms with E-state index in [1.165, 1.54) is 30.0 Å². The summed E-state index contributed by atoms with van der Waals surface area (Å²) in [5, 5.41) is 23.0. The number of thioether (sulfide) groups is 1. The lowest BCUT2D eigenvalue weighted by molar-refractivity contribution is -0.383. The Hall–Kier alpha value is -3.63. The standard InChI is InChI=1S/C21H16ClN5O4S/c22-15-8-9-16(17(11-15)27(29)30)23-19(28)13-32-21-25-24-20(18-7-4-10-31-18)26(21)12-14-5-2-1-3-6-14/h1-11H,12-13H2,(H,23,28).